The van der Waals surface area contributed by atoms with Gasteiger partial charge < -0.3 is 15.1 Å². The molecule has 2 amide bonds. The van der Waals surface area contributed by atoms with Crippen molar-refractivity contribution in [2.75, 3.05) is 26.2 Å². The van der Waals surface area contributed by atoms with Crippen LogP contribution in [0.2, 0.25) is 4.34 Å². The standard InChI is InChI=1S/C25H35ClN4O4S2/c26-23-9-8-19(35-23)10-12-36(33,34)28-21-7-4-11-29(25(21)32)16-24(31)30-15-17-13-20(17)22(30)14-27-18-5-2-1-3-6-18/h8-10,12,17-18,20-22,27-28H,1-7,11,13-16H2/b12-10+/t17?,20?,21-,22?/m0/s1. The van der Waals surface area contributed by atoms with Gasteiger partial charge in [0, 0.05) is 42.0 Å². The first-order valence-corrected chi connectivity index (χ1v) is 15.8. The van der Waals surface area contributed by atoms with E-state index >= 15 is 0 Å². The van der Waals surface area contributed by atoms with Crippen molar-refractivity contribution in [3.63, 3.8) is 0 Å². The lowest BCUT2D eigenvalue weighted by molar-refractivity contribution is -0.143. The summed E-state index contributed by atoms with van der Waals surface area (Å²) in [6.45, 7) is 2.09. The first kappa shape index (κ1) is 26.2. The summed E-state index contributed by atoms with van der Waals surface area (Å²) in [5, 5.41) is 4.77. The van der Waals surface area contributed by atoms with Crippen molar-refractivity contribution in [1.29, 1.82) is 0 Å². The molecule has 2 saturated heterocycles. The minimum atomic E-state index is -3.82. The van der Waals surface area contributed by atoms with E-state index in [1.807, 2.05) is 4.90 Å². The van der Waals surface area contributed by atoms with Crippen molar-refractivity contribution in [3.05, 3.63) is 26.8 Å². The molecule has 5 rings (SSSR count). The topological polar surface area (TPSA) is 98.8 Å². The van der Waals surface area contributed by atoms with Crippen molar-refractivity contribution < 1.29 is 18.0 Å². The number of likely N-dealkylation sites (tertiary alicyclic amines) is 2. The van der Waals surface area contributed by atoms with E-state index in [0.29, 0.717) is 46.5 Å². The highest BCUT2D eigenvalue weighted by atomic mass is 35.5. The van der Waals surface area contributed by atoms with Crippen LogP contribution in [-0.4, -0.2) is 74.3 Å². The highest BCUT2D eigenvalue weighted by molar-refractivity contribution is 7.92. The van der Waals surface area contributed by atoms with E-state index in [4.69, 9.17) is 11.6 Å². The van der Waals surface area contributed by atoms with Crippen molar-refractivity contribution in [2.24, 2.45) is 11.8 Å². The van der Waals surface area contributed by atoms with Crippen molar-refractivity contribution >= 4 is 50.9 Å². The number of sulfonamides is 1. The molecular weight excluding hydrogens is 520 g/mol. The third kappa shape index (κ3) is 6.32. The van der Waals surface area contributed by atoms with Crippen LogP contribution in [0.15, 0.2) is 17.5 Å². The van der Waals surface area contributed by atoms with Gasteiger partial charge in [0.15, 0.2) is 0 Å². The number of carbonyl (C=O) groups excluding carboxylic acids is 2. The summed E-state index contributed by atoms with van der Waals surface area (Å²) in [6, 6.07) is 3.33. The SMILES string of the molecule is O=C1[C@@H](NS(=O)(=O)/C=C/c2ccc(Cl)s2)CCCN1CC(=O)N1CC2CC2C1CNC1CCCCC1. The van der Waals surface area contributed by atoms with E-state index in [-0.39, 0.29) is 24.4 Å². The maximum absolute atomic E-state index is 13.3. The second kappa shape index (κ2) is 11.1. The number of amides is 2. The predicted molar refractivity (Wildman–Crippen MR) is 142 cm³/mol. The first-order chi connectivity index (χ1) is 17.3. The molecule has 2 aliphatic carbocycles. The van der Waals surface area contributed by atoms with Crippen LogP contribution in [0, 0.1) is 11.8 Å². The van der Waals surface area contributed by atoms with Gasteiger partial charge >= 0.3 is 0 Å². The predicted octanol–water partition coefficient (Wildman–Crippen LogP) is 3.05. The number of nitrogens with one attached hydrogen (secondary N) is 2. The molecule has 3 heterocycles. The van der Waals surface area contributed by atoms with Crippen molar-refractivity contribution in [2.45, 2.75) is 69.5 Å². The van der Waals surface area contributed by atoms with Gasteiger partial charge in [-0.25, -0.2) is 8.42 Å². The van der Waals surface area contributed by atoms with Crippen molar-refractivity contribution in [3.8, 4) is 0 Å². The van der Waals surface area contributed by atoms with Gasteiger partial charge in [-0.15, -0.1) is 11.3 Å². The number of hydrogen-bond acceptors (Lipinski definition) is 6. The van der Waals surface area contributed by atoms with E-state index < -0.39 is 16.1 Å². The maximum atomic E-state index is 13.3. The van der Waals surface area contributed by atoms with Gasteiger partial charge in [-0.1, -0.05) is 30.9 Å². The lowest BCUT2D eigenvalue weighted by Gasteiger charge is -2.35. The Labute approximate surface area is 222 Å². The van der Waals surface area contributed by atoms with Crippen LogP contribution in [0.4, 0.5) is 0 Å². The molecule has 0 bridgehead atoms. The van der Waals surface area contributed by atoms with Gasteiger partial charge in [-0.3, -0.25) is 9.59 Å². The third-order valence-corrected chi connectivity index (χ3v) is 10.3. The Hall–Kier alpha value is -1.46. The summed E-state index contributed by atoms with van der Waals surface area (Å²) in [4.78, 5) is 30.6. The molecule has 198 valence electrons. The zero-order chi connectivity index (χ0) is 25.3. The van der Waals surface area contributed by atoms with Crippen LogP contribution in [0.3, 0.4) is 0 Å². The lowest BCUT2D eigenvalue weighted by atomic mass is 9.95. The van der Waals surface area contributed by atoms with Gasteiger partial charge in [0.05, 0.1) is 10.9 Å². The molecule has 2 saturated carbocycles. The zero-order valence-electron chi connectivity index (χ0n) is 20.4. The number of carbonyl (C=O) groups is 2. The zero-order valence-corrected chi connectivity index (χ0v) is 22.8. The fraction of sp³-hybridized carbons (Fsp3) is 0.680. The Morgan fingerprint density at radius 3 is 2.72 bits per heavy atom. The first-order valence-electron chi connectivity index (χ1n) is 13.1. The monoisotopic (exact) mass is 554 g/mol. The molecule has 2 aliphatic heterocycles. The number of nitrogens with zero attached hydrogens (tertiary/aromatic N) is 2. The summed E-state index contributed by atoms with van der Waals surface area (Å²) in [7, 11) is -3.82. The maximum Gasteiger partial charge on any atom is 0.242 e. The fourth-order valence-electron chi connectivity index (χ4n) is 5.99. The molecule has 8 nitrogen and oxygen atoms in total. The molecule has 4 aliphatic rings. The molecule has 4 fully saturated rings. The molecule has 4 atom stereocenters. The Balaban J connectivity index is 1.15. The smallest absolute Gasteiger partial charge is 0.242 e. The lowest BCUT2D eigenvalue weighted by Crippen LogP contribution is -2.55. The van der Waals surface area contributed by atoms with Crippen LogP contribution in [-0.2, 0) is 19.6 Å². The number of hydrogen-bond donors (Lipinski definition) is 2. The van der Waals surface area contributed by atoms with Crippen LogP contribution < -0.4 is 10.0 Å². The Bertz CT molecular complexity index is 1100. The Kier molecular flexibility index (Phi) is 8.07. The van der Waals surface area contributed by atoms with Gasteiger partial charge in [0.2, 0.25) is 21.8 Å². The van der Waals surface area contributed by atoms with E-state index in [1.165, 1.54) is 60.8 Å². The molecule has 1 aromatic rings. The Morgan fingerprint density at radius 1 is 1.17 bits per heavy atom. The third-order valence-electron chi connectivity index (χ3n) is 8.01. The highest BCUT2D eigenvalue weighted by Crippen LogP contribution is 2.49. The number of fused-ring (bicyclic) bond motifs is 1. The van der Waals surface area contributed by atoms with Crippen molar-refractivity contribution in [1.82, 2.24) is 19.8 Å². The van der Waals surface area contributed by atoms with Gasteiger partial charge in [0.1, 0.15) is 6.04 Å². The molecule has 2 N–H and O–H groups in total. The average Bonchev–Trinajstić information content (AvgIpc) is 3.34. The van der Waals surface area contributed by atoms with Gasteiger partial charge in [-0.2, -0.15) is 4.72 Å². The number of thiophene rings is 1. The normalized spacial score (nSPS) is 29.2. The summed E-state index contributed by atoms with van der Waals surface area (Å²) in [6.07, 6.45) is 10.0. The second-order valence-electron chi connectivity index (χ2n) is 10.6. The van der Waals surface area contributed by atoms with Crippen LogP contribution in [0.25, 0.3) is 6.08 Å². The quantitative estimate of drug-likeness (QED) is 0.489. The second-order valence-corrected chi connectivity index (χ2v) is 13.9. The molecule has 36 heavy (non-hydrogen) atoms. The minimum absolute atomic E-state index is 0.0139. The molecular formula is C25H35ClN4O4S2. The summed E-state index contributed by atoms with van der Waals surface area (Å²) >= 11 is 7.17. The minimum Gasteiger partial charge on any atom is -0.336 e. The van der Waals surface area contributed by atoms with Crippen LogP contribution in [0.5, 0.6) is 0 Å². The molecule has 3 unspecified atom stereocenters. The largest absolute Gasteiger partial charge is 0.336 e. The number of halogens is 1. The van der Waals surface area contributed by atoms with Gasteiger partial charge in [0.25, 0.3) is 0 Å². The molecule has 0 radical (unpaired) electrons. The fourth-order valence-corrected chi connectivity index (χ4v) is 8.06. The van der Waals surface area contributed by atoms with Crippen LogP contribution in [0.1, 0.15) is 56.2 Å². The highest BCUT2D eigenvalue weighted by Gasteiger charge is 2.53. The number of piperidine rings is 2. The summed E-state index contributed by atoms with van der Waals surface area (Å²) < 4.78 is 28.2. The molecule has 0 spiro atoms. The van der Waals surface area contributed by atoms with E-state index in [1.54, 1.807) is 12.1 Å². The molecule has 11 heteroatoms. The molecule has 0 aromatic carbocycles. The van der Waals surface area contributed by atoms with E-state index in [0.717, 1.165) is 18.5 Å². The number of rotatable bonds is 9. The van der Waals surface area contributed by atoms with E-state index in [2.05, 4.69) is 10.0 Å². The average molecular weight is 555 g/mol. The van der Waals surface area contributed by atoms with E-state index in [9.17, 15) is 18.0 Å². The van der Waals surface area contributed by atoms with Crippen LogP contribution >= 0.6 is 22.9 Å². The van der Waals surface area contributed by atoms with Gasteiger partial charge in [-0.05, 0) is 62.1 Å². The summed E-state index contributed by atoms with van der Waals surface area (Å²) in [5.41, 5.74) is 0. The molecule has 1 aromatic heterocycles. The Morgan fingerprint density at radius 2 is 1.97 bits per heavy atom. The summed E-state index contributed by atoms with van der Waals surface area (Å²) in [5.74, 6) is 0.816.